The number of aromatic nitrogens is 1. The Morgan fingerprint density at radius 2 is 1.92 bits per heavy atom. The molecule has 2 heterocycles. The van der Waals surface area contributed by atoms with E-state index in [4.69, 9.17) is 0 Å². The summed E-state index contributed by atoms with van der Waals surface area (Å²) in [5.74, 6) is 0.00827. The summed E-state index contributed by atoms with van der Waals surface area (Å²) < 4.78 is 0. The Hall–Kier alpha value is -1.43. The molecule has 1 saturated heterocycles. The molecule has 0 aromatic carbocycles. The molecule has 1 aromatic rings. The van der Waals surface area contributed by atoms with Gasteiger partial charge < -0.3 is 10.2 Å². The first-order chi connectivity index (χ1) is 12.2. The molecule has 0 unspecified atom stereocenters. The average molecular weight is 364 g/mol. The maximum Gasteiger partial charge on any atom is 0.226 e. The molecule has 138 valence electrons. The van der Waals surface area contributed by atoms with Crippen molar-refractivity contribution in [2.24, 2.45) is 11.8 Å². The second-order valence-electron chi connectivity index (χ2n) is 7.16. The third-order valence-corrected chi connectivity index (χ3v) is 6.46. The van der Waals surface area contributed by atoms with E-state index in [1.165, 1.54) is 0 Å². The van der Waals surface area contributed by atoms with Crippen LogP contribution in [0.3, 0.4) is 0 Å². The third kappa shape index (κ3) is 4.60. The van der Waals surface area contributed by atoms with Crippen LogP contribution in [0, 0.1) is 11.8 Å². The molecule has 0 spiro atoms. The number of nitrogens with one attached hydrogen (secondary N) is 1. The van der Waals surface area contributed by atoms with Gasteiger partial charge in [0.25, 0.3) is 0 Å². The fourth-order valence-electron chi connectivity index (χ4n) is 3.98. The van der Waals surface area contributed by atoms with Gasteiger partial charge in [0.15, 0.2) is 0 Å². The van der Waals surface area contributed by atoms with Gasteiger partial charge in [-0.15, -0.1) is 11.3 Å². The number of likely N-dealkylation sites (tertiary alicyclic amines) is 1. The standard InChI is InChI=1S/C19H29N3O2S/c1-2-17-21-14(13-25-17)9-10-20-18(23)15-7-3-4-8-16(15)19(24)22-11-5-6-12-22/h13,15-16H,2-12H2,1H3,(H,20,23)/t15-,16+/m0/s1. The Kier molecular flexibility index (Phi) is 6.45. The molecule has 6 heteroatoms. The predicted octanol–water partition coefficient (Wildman–Crippen LogP) is 2.79. The summed E-state index contributed by atoms with van der Waals surface area (Å²) in [6, 6.07) is 0. The fraction of sp³-hybridized carbons (Fsp3) is 0.737. The Balaban J connectivity index is 1.52. The summed E-state index contributed by atoms with van der Waals surface area (Å²) in [7, 11) is 0. The Labute approximate surface area is 154 Å². The zero-order valence-electron chi connectivity index (χ0n) is 15.1. The summed E-state index contributed by atoms with van der Waals surface area (Å²) >= 11 is 1.68. The third-order valence-electron chi connectivity index (χ3n) is 5.42. The lowest BCUT2D eigenvalue weighted by molar-refractivity contribution is -0.142. The van der Waals surface area contributed by atoms with Crippen LogP contribution in [0.5, 0.6) is 0 Å². The monoisotopic (exact) mass is 363 g/mol. The molecule has 2 amide bonds. The number of rotatable bonds is 6. The molecule has 1 saturated carbocycles. The zero-order valence-corrected chi connectivity index (χ0v) is 15.9. The van der Waals surface area contributed by atoms with Crippen molar-refractivity contribution < 1.29 is 9.59 Å². The maximum atomic E-state index is 12.8. The van der Waals surface area contributed by atoms with Crippen molar-refractivity contribution in [3.05, 3.63) is 16.1 Å². The van der Waals surface area contributed by atoms with E-state index in [-0.39, 0.29) is 23.7 Å². The van der Waals surface area contributed by atoms with Gasteiger partial charge in [0.1, 0.15) is 0 Å². The van der Waals surface area contributed by atoms with Gasteiger partial charge in [0, 0.05) is 43.3 Å². The van der Waals surface area contributed by atoms with E-state index in [1.807, 2.05) is 4.90 Å². The SMILES string of the molecule is CCc1nc(CCNC(=O)[C@H]2CCCC[C@H]2C(=O)N2CCCC2)cs1. The molecule has 1 aliphatic carbocycles. The lowest BCUT2D eigenvalue weighted by atomic mass is 9.78. The van der Waals surface area contributed by atoms with Crippen LogP contribution >= 0.6 is 11.3 Å². The minimum atomic E-state index is -0.150. The van der Waals surface area contributed by atoms with Crippen LogP contribution in [0.15, 0.2) is 5.38 Å². The van der Waals surface area contributed by atoms with Crippen LogP contribution in [0.25, 0.3) is 0 Å². The number of amides is 2. The molecule has 1 aliphatic heterocycles. The molecular weight excluding hydrogens is 334 g/mol. The summed E-state index contributed by atoms with van der Waals surface area (Å²) in [5, 5.41) is 6.28. The topological polar surface area (TPSA) is 62.3 Å². The normalized spacial score (nSPS) is 23.6. The number of carbonyl (C=O) groups is 2. The van der Waals surface area contributed by atoms with Gasteiger partial charge in [-0.3, -0.25) is 9.59 Å². The van der Waals surface area contributed by atoms with Gasteiger partial charge in [-0.1, -0.05) is 19.8 Å². The molecule has 2 fully saturated rings. The summed E-state index contributed by atoms with van der Waals surface area (Å²) in [4.78, 5) is 32.0. The molecular formula is C19H29N3O2S. The number of hydrogen-bond acceptors (Lipinski definition) is 4. The lowest BCUT2D eigenvalue weighted by Crippen LogP contribution is -2.45. The van der Waals surface area contributed by atoms with Crippen LogP contribution in [0.1, 0.15) is 56.2 Å². The first kappa shape index (κ1) is 18.4. The molecule has 5 nitrogen and oxygen atoms in total. The van der Waals surface area contributed by atoms with Crippen molar-refractivity contribution in [1.29, 1.82) is 0 Å². The smallest absolute Gasteiger partial charge is 0.226 e. The van der Waals surface area contributed by atoms with Crippen molar-refractivity contribution in [3.8, 4) is 0 Å². The van der Waals surface area contributed by atoms with Crippen molar-refractivity contribution >= 4 is 23.2 Å². The molecule has 25 heavy (non-hydrogen) atoms. The predicted molar refractivity (Wildman–Crippen MR) is 99.5 cm³/mol. The van der Waals surface area contributed by atoms with Gasteiger partial charge >= 0.3 is 0 Å². The maximum absolute atomic E-state index is 12.8. The van der Waals surface area contributed by atoms with E-state index in [9.17, 15) is 9.59 Å². The number of nitrogens with zero attached hydrogens (tertiary/aromatic N) is 2. The minimum Gasteiger partial charge on any atom is -0.355 e. The zero-order chi connectivity index (χ0) is 17.6. The fourth-order valence-corrected chi connectivity index (χ4v) is 4.76. The van der Waals surface area contributed by atoms with Gasteiger partial charge in [0.05, 0.1) is 10.7 Å². The highest BCUT2D eigenvalue weighted by Gasteiger charge is 2.38. The van der Waals surface area contributed by atoms with Gasteiger partial charge in [-0.05, 0) is 32.1 Å². The molecule has 1 N–H and O–H groups in total. The van der Waals surface area contributed by atoms with E-state index >= 15 is 0 Å². The van der Waals surface area contributed by atoms with Crippen molar-refractivity contribution in [1.82, 2.24) is 15.2 Å². The quantitative estimate of drug-likeness (QED) is 0.845. The molecule has 0 bridgehead atoms. The van der Waals surface area contributed by atoms with E-state index in [2.05, 4.69) is 22.6 Å². The van der Waals surface area contributed by atoms with Crippen LogP contribution < -0.4 is 5.32 Å². The van der Waals surface area contributed by atoms with E-state index in [0.717, 1.165) is 75.2 Å². The first-order valence-corrected chi connectivity index (χ1v) is 10.6. The number of thiazole rings is 1. The summed E-state index contributed by atoms with van der Waals surface area (Å²) in [6.07, 6.45) is 7.73. The van der Waals surface area contributed by atoms with Crippen molar-refractivity contribution in [2.45, 2.75) is 58.3 Å². The highest BCUT2D eigenvalue weighted by Crippen LogP contribution is 2.32. The second-order valence-corrected chi connectivity index (χ2v) is 8.10. The average Bonchev–Trinajstić information content (AvgIpc) is 3.33. The van der Waals surface area contributed by atoms with E-state index in [0.29, 0.717) is 6.54 Å². The summed E-state index contributed by atoms with van der Waals surface area (Å²) in [5.41, 5.74) is 1.05. The second kappa shape index (κ2) is 8.79. The van der Waals surface area contributed by atoms with Crippen molar-refractivity contribution in [2.75, 3.05) is 19.6 Å². The van der Waals surface area contributed by atoms with Gasteiger partial charge in [0.2, 0.25) is 11.8 Å². The molecule has 1 aromatic heterocycles. The van der Waals surface area contributed by atoms with Crippen LogP contribution in [0.2, 0.25) is 0 Å². The Morgan fingerprint density at radius 1 is 1.20 bits per heavy atom. The molecule has 2 atom stereocenters. The van der Waals surface area contributed by atoms with Gasteiger partial charge in [-0.25, -0.2) is 4.98 Å². The van der Waals surface area contributed by atoms with E-state index < -0.39 is 0 Å². The Bertz CT molecular complexity index is 595. The van der Waals surface area contributed by atoms with Crippen molar-refractivity contribution in [3.63, 3.8) is 0 Å². The van der Waals surface area contributed by atoms with Crippen LogP contribution in [0.4, 0.5) is 0 Å². The van der Waals surface area contributed by atoms with Gasteiger partial charge in [-0.2, -0.15) is 0 Å². The lowest BCUT2D eigenvalue weighted by Gasteiger charge is -2.32. The van der Waals surface area contributed by atoms with Crippen LogP contribution in [-0.4, -0.2) is 41.3 Å². The highest BCUT2D eigenvalue weighted by molar-refractivity contribution is 7.09. The number of aryl methyl sites for hydroxylation is 1. The molecule has 0 radical (unpaired) electrons. The Morgan fingerprint density at radius 3 is 2.60 bits per heavy atom. The number of carbonyl (C=O) groups excluding carboxylic acids is 2. The number of hydrogen-bond donors (Lipinski definition) is 1. The van der Waals surface area contributed by atoms with E-state index in [1.54, 1.807) is 11.3 Å². The molecule has 3 rings (SSSR count). The van der Waals surface area contributed by atoms with Crippen LogP contribution in [-0.2, 0) is 22.4 Å². The minimum absolute atomic E-state index is 0.0585. The molecule has 2 aliphatic rings. The first-order valence-electron chi connectivity index (χ1n) is 9.68. The highest BCUT2D eigenvalue weighted by atomic mass is 32.1. The summed E-state index contributed by atoms with van der Waals surface area (Å²) in [6.45, 7) is 4.44. The largest absolute Gasteiger partial charge is 0.355 e.